The van der Waals surface area contributed by atoms with Crippen LogP contribution in [0, 0.1) is 0 Å². The number of benzene rings is 1. The molecule has 0 saturated carbocycles. The first-order valence-electron chi connectivity index (χ1n) is 4.21. The Morgan fingerprint density at radius 3 is 2.88 bits per heavy atom. The topological polar surface area (TPSA) is 79.9 Å². The number of fused-ring (bicyclic) bond motifs is 1. The summed E-state index contributed by atoms with van der Waals surface area (Å²) < 4.78 is 3.96. The number of carbonyl (C=O) groups is 2. The summed E-state index contributed by atoms with van der Waals surface area (Å²) in [5.74, 6) is -0.520. The van der Waals surface area contributed by atoms with Gasteiger partial charge in [0, 0.05) is 12.9 Å². The second kappa shape index (κ2) is 4.29. The minimum Gasteiger partial charge on any atom is -0.361 e. The van der Waals surface area contributed by atoms with Gasteiger partial charge in [-0.1, -0.05) is 17.3 Å². The summed E-state index contributed by atoms with van der Waals surface area (Å²) in [6.07, 6.45) is -1.12. The molecular weight excluding hydrogens is 234 g/mol. The molecule has 1 aliphatic heterocycles. The van der Waals surface area contributed by atoms with Crippen LogP contribution in [-0.4, -0.2) is 17.2 Å². The Kier molecular flexibility index (Phi) is 2.84. The highest BCUT2D eigenvalue weighted by Gasteiger charge is 2.27. The minimum atomic E-state index is -1.12. The molecule has 7 nitrogen and oxygen atoms in total. The molecule has 0 radical (unpaired) electrons. The number of hydroxylamine groups is 1. The molecule has 0 atom stereocenters. The van der Waals surface area contributed by atoms with Gasteiger partial charge >= 0.3 is 12.1 Å². The largest absolute Gasteiger partial charge is 0.547 e. The maximum Gasteiger partial charge on any atom is 0.547 e. The molecule has 1 heterocycles. The van der Waals surface area contributed by atoms with E-state index in [1.165, 1.54) is 0 Å². The van der Waals surface area contributed by atoms with E-state index in [1.54, 1.807) is 24.3 Å². The Balaban J connectivity index is 2.18. The van der Waals surface area contributed by atoms with Crippen molar-refractivity contribution in [3.05, 3.63) is 29.8 Å². The highest BCUT2D eigenvalue weighted by Crippen LogP contribution is 2.19. The fourth-order valence-corrected chi connectivity index (χ4v) is 1.24. The maximum atomic E-state index is 11.7. The summed E-state index contributed by atoms with van der Waals surface area (Å²) in [7, 11) is 0. The van der Waals surface area contributed by atoms with Crippen molar-refractivity contribution in [2.45, 2.75) is 0 Å². The number of amides is 1. The van der Waals surface area contributed by atoms with Crippen LogP contribution in [0.25, 0.3) is 0 Å². The quantitative estimate of drug-likeness (QED) is 0.500. The first kappa shape index (κ1) is 10.6. The number of nitrogens with one attached hydrogen (secondary N) is 2. The van der Waals surface area contributed by atoms with E-state index in [4.69, 9.17) is 0 Å². The molecule has 1 aliphatic rings. The van der Waals surface area contributed by atoms with E-state index in [0.29, 0.717) is 16.4 Å². The fraction of sp³-hybridized carbons (Fsp3) is 0. The van der Waals surface area contributed by atoms with E-state index in [-0.39, 0.29) is 0 Å². The summed E-state index contributed by atoms with van der Waals surface area (Å²) in [5.41, 5.74) is 6.00. The highest BCUT2D eigenvalue weighted by molar-refractivity contribution is 7.75. The van der Waals surface area contributed by atoms with E-state index in [9.17, 15) is 9.59 Å². The number of carbonyl (C=O) groups excluding carboxylic acids is 2. The van der Waals surface area contributed by atoms with E-state index in [0.717, 1.165) is 0 Å². The molecule has 2 N–H and O–H groups in total. The minimum absolute atomic E-state index is 0.369. The van der Waals surface area contributed by atoms with Crippen LogP contribution in [-0.2, 0) is 9.02 Å². The van der Waals surface area contributed by atoms with Crippen LogP contribution >= 0.6 is 12.9 Å². The lowest BCUT2D eigenvalue weighted by atomic mass is 10.1. The molecule has 0 aromatic heterocycles. The number of hydrazine groups is 2. The molecule has 0 fully saturated rings. The third kappa shape index (κ3) is 1.88. The summed E-state index contributed by atoms with van der Waals surface area (Å²) in [6, 6.07) is 6.75. The van der Waals surface area contributed by atoms with Crippen molar-refractivity contribution in [3.8, 4) is 0 Å². The third-order valence-electron chi connectivity index (χ3n) is 1.87. The number of hydrogen-bond acceptors (Lipinski definition) is 7. The smallest absolute Gasteiger partial charge is 0.361 e. The zero-order valence-corrected chi connectivity index (χ0v) is 8.73. The lowest BCUT2D eigenvalue weighted by molar-refractivity contribution is -0.113. The van der Waals surface area contributed by atoms with Crippen molar-refractivity contribution in [2.24, 2.45) is 0 Å². The molecule has 1 aromatic carbocycles. The van der Waals surface area contributed by atoms with Crippen LogP contribution < -0.4 is 11.0 Å². The van der Waals surface area contributed by atoms with E-state index >= 15 is 0 Å². The molecule has 0 unspecified atom stereocenters. The van der Waals surface area contributed by atoms with Crippen LogP contribution in [0.4, 0.5) is 10.5 Å². The van der Waals surface area contributed by atoms with E-state index < -0.39 is 12.1 Å². The molecule has 1 amide bonds. The summed E-state index contributed by atoms with van der Waals surface area (Å²) >= 11 is 3.24. The molecule has 0 aliphatic carbocycles. The molecule has 84 valence electrons. The highest BCUT2D eigenvalue weighted by atomic mass is 32.1. The SMILES string of the molecule is O=C(OS)ON1NNc2ccccc2C1=O. The molecule has 0 bridgehead atoms. The molecule has 16 heavy (non-hydrogen) atoms. The average molecular weight is 241 g/mol. The van der Waals surface area contributed by atoms with Crippen molar-refractivity contribution in [2.75, 3.05) is 5.43 Å². The van der Waals surface area contributed by atoms with Crippen molar-refractivity contribution in [1.82, 2.24) is 10.7 Å². The first-order valence-corrected chi connectivity index (χ1v) is 4.57. The molecule has 1 aromatic rings. The number of anilines is 1. The van der Waals surface area contributed by atoms with Gasteiger partial charge in [-0.15, -0.1) is 5.53 Å². The van der Waals surface area contributed by atoms with Crippen LogP contribution in [0.15, 0.2) is 24.3 Å². The van der Waals surface area contributed by atoms with E-state index in [1.807, 2.05) is 0 Å². The number of hydrogen-bond donors (Lipinski definition) is 3. The summed E-state index contributed by atoms with van der Waals surface area (Å²) in [4.78, 5) is 27.0. The van der Waals surface area contributed by atoms with Crippen LogP contribution in [0.3, 0.4) is 0 Å². The van der Waals surface area contributed by atoms with Gasteiger partial charge in [0.05, 0.1) is 11.3 Å². The monoisotopic (exact) mass is 241 g/mol. The zero-order chi connectivity index (χ0) is 11.5. The number of thiol groups is 1. The second-order valence-corrected chi connectivity index (χ2v) is 3.00. The number of nitrogens with zero attached hydrogens (tertiary/aromatic N) is 1. The van der Waals surface area contributed by atoms with Gasteiger partial charge in [-0.25, -0.2) is 4.79 Å². The van der Waals surface area contributed by atoms with Gasteiger partial charge in [-0.3, -0.25) is 9.63 Å². The van der Waals surface area contributed by atoms with Gasteiger partial charge in [0.2, 0.25) is 0 Å². The van der Waals surface area contributed by atoms with Gasteiger partial charge in [0.15, 0.2) is 0 Å². The normalized spacial score (nSPS) is 13.8. The maximum absolute atomic E-state index is 11.7. The Hall–Kier alpha value is -1.93. The van der Waals surface area contributed by atoms with Crippen LogP contribution in [0.1, 0.15) is 10.4 Å². The number of para-hydroxylation sites is 1. The average Bonchev–Trinajstić information content (AvgIpc) is 2.33. The van der Waals surface area contributed by atoms with Crippen molar-refractivity contribution >= 4 is 30.7 Å². The molecule has 0 saturated heterocycles. The van der Waals surface area contributed by atoms with Gasteiger partial charge in [-0.05, 0) is 12.1 Å². The Morgan fingerprint density at radius 2 is 2.12 bits per heavy atom. The lowest BCUT2D eigenvalue weighted by Gasteiger charge is -2.26. The molecule has 0 spiro atoms. The second-order valence-electron chi connectivity index (χ2n) is 2.81. The van der Waals surface area contributed by atoms with Crippen molar-refractivity contribution in [3.63, 3.8) is 0 Å². The molecule has 2 rings (SSSR count). The van der Waals surface area contributed by atoms with Gasteiger partial charge in [-0.2, -0.15) is 0 Å². The fourth-order valence-electron chi connectivity index (χ4n) is 1.21. The number of rotatable bonds is 1. The van der Waals surface area contributed by atoms with Crippen molar-refractivity contribution in [1.29, 1.82) is 0 Å². The van der Waals surface area contributed by atoms with Gasteiger partial charge in [0.25, 0.3) is 0 Å². The Labute approximate surface area is 95.8 Å². The Bertz CT molecular complexity index is 439. The molecule has 8 heteroatoms. The predicted octanol–water partition coefficient (Wildman–Crippen LogP) is 0.887. The van der Waals surface area contributed by atoms with Crippen LogP contribution in [0.2, 0.25) is 0 Å². The molecular formula is C8H7N3O4S. The first-order chi connectivity index (χ1) is 7.72. The third-order valence-corrected chi connectivity index (χ3v) is 2.02. The standard InChI is InChI=1S/C8H7N3O4S/c12-7-5-3-1-2-4-6(5)9-10-11(7)14-8(13)15-16/h1-4,9-10,16H. The lowest BCUT2D eigenvalue weighted by Crippen LogP contribution is -2.50. The van der Waals surface area contributed by atoms with Gasteiger partial charge in [0.1, 0.15) is 0 Å². The zero-order valence-electron chi connectivity index (χ0n) is 7.84. The Morgan fingerprint density at radius 1 is 1.38 bits per heavy atom. The predicted molar refractivity (Wildman–Crippen MR) is 55.9 cm³/mol. The summed E-state index contributed by atoms with van der Waals surface area (Å²) in [6.45, 7) is 0. The van der Waals surface area contributed by atoms with Crippen LogP contribution in [0.5, 0.6) is 0 Å². The van der Waals surface area contributed by atoms with Crippen molar-refractivity contribution < 1.29 is 18.6 Å². The summed E-state index contributed by atoms with van der Waals surface area (Å²) in [5, 5.41) is 0.612. The van der Waals surface area contributed by atoms with Gasteiger partial charge < -0.3 is 9.61 Å². The van der Waals surface area contributed by atoms with E-state index in [2.05, 4.69) is 32.9 Å².